The number of piperazine rings is 1. The molecule has 0 radical (unpaired) electrons. The summed E-state index contributed by atoms with van der Waals surface area (Å²) in [5.74, 6) is -0.162. The second kappa shape index (κ2) is 7.06. The standard InChI is InChI=1S/C19H20FN3O4S/c1-13-19(24)21-17-12-16(6-7-18(17)27-13)28(25,26)23-10-8-22(9-11-23)15-4-2-14(20)3-5-15/h2-7,12-13H,8-11H2,1H3,(H,21,24). The third-order valence-electron chi connectivity index (χ3n) is 4.95. The summed E-state index contributed by atoms with van der Waals surface area (Å²) in [4.78, 5) is 13.9. The quantitative estimate of drug-likeness (QED) is 0.846. The van der Waals surface area contributed by atoms with Crippen LogP contribution in [0.5, 0.6) is 5.75 Å². The van der Waals surface area contributed by atoms with Gasteiger partial charge in [0.2, 0.25) is 10.0 Å². The van der Waals surface area contributed by atoms with Crippen LogP contribution in [0.25, 0.3) is 0 Å². The predicted octanol–water partition coefficient (Wildman–Crippen LogP) is 2.06. The average Bonchev–Trinajstić information content (AvgIpc) is 2.69. The Morgan fingerprint density at radius 1 is 1.07 bits per heavy atom. The lowest BCUT2D eigenvalue weighted by molar-refractivity contribution is -0.122. The molecule has 1 fully saturated rings. The number of fused-ring (bicyclic) bond motifs is 1. The molecular weight excluding hydrogens is 385 g/mol. The summed E-state index contributed by atoms with van der Waals surface area (Å²) in [6, 6.07) is 10.6. The van der Waals surface area contributed by atoms with E-state index in [1.165, 1.54) is 28.6 Å². The van der Waals surface area contributed by atoms with Crippen LogP contribution in [0.2, 0.25) is 0 Å². The van der Waals surface area contributed by atoms with Gasteiger partial charge >= 0.3 is 0 Å². The maximum atomic E-state index is 13.1. The highest BCUT2D eigenvalue weighted by Crippen LogP contribution is 2.33. The molecule has 2 aromatic rings. The van der Waals surface area contributed by atoms with Crippen LogP contribution in [-0.2, 0) is 14.8 Å². The molecule has 9 heteroatoms. The summed E-state index contributed by atoms with van der Waals surface area (Å²) in [7, 11) is -3.70. The number of carbonyl (C=O) groups excluding carboxylic acids is 1. The van der Waals surface area contributed by atoms with Crippen molar-refractivity contribution >= 4 is 27.3 Å². The minimum atomic E-state index is -3.70. The normalized spacial score (nSPS) is 20.3. The first-order chi connectivity index (χ1) is 13.3. The first-order valence-electron chi connectivity index (χ1n) is 8.97. The van der Waals surface area contributed by atoms with Crippen molar-refractivity contribution in [2.24, 2.45) is 0 Å². The Morgan fingerprint density at radius 2 is 1.75 bits per heavy atom. The largest absolute Gasteiger partial charge is 0.479 e. The molecule has 0 aliphatic carbocycles. The molecule has 0 saturated carbocycles. The van der Waals surface area contributed by atoms with Crippen LogP contribution in [0.1, 0.15) is 6.92 Å². The third kappa shape index (κ3) is 3.43. The zero-order valence-corrected chi connectivity index (χ0v) is 16.1. The first-order valence-corrected chi connectivity index (χ1v) is 10.4. The summed E-state index contributed by atoms with van der Waals surface area (Å²) < 4.78 is 46.0. The topological polar surface area (TPSA) is 79.0 Å². The van der Waals surface area contributed by atoms with Crippen molar-refractivity contribution in [3.05, 3.63) is 48.3 Å². The lowest BCUT2D eigenvalue weighted by Crippen LogP contribution is -2.48. The monoisotopic (exact) mass is 405 g/mol. The van der Waals surface area contributed by atoms with Gasteiger partial charge in [0.25, 0.3) is 5.91 Å². The van der Waals surface area contributed by atoms with Crippen LogP contribution in [-0.4, -0.2) is 50.9 Å². The summed E-state index contributed by atoms with van der Waals surface area (Å²) in [6.07, 6.45) is -0.616. The minimum absolute atomic E-state index is 0.111. The molecule has 148 valence electrons. The molecule has 2 aliphatic heterocycles. The number of carbonyl (C=O) groups is 1. The number of rotatable bonds is 3. The van der Waals surface area contributed by atoms with Crippen LogP contribution < -0.4 is 15.0 Å². The van der Waals surface area contributed by atoms with Gasteiger partial charge in [0.15, 0.2) is 6.10 Å². The maximum absolute atomic E-state index is 13.1. The van der Waals surface area contributed by atoms with Gasteiger partial charge in [0.05, 0.1) is 10.6 Å². The molecule has 0 aromatic heterocycles. The lowest BCUT2D eigenvalue weighted by Gasteiger charge is -2.35. The lowest BCUT2D eigenvalue weighted by atomic mass is 10.2. The van der Waals surface area contributed by atoms with Crippen molar-refractivity contribution in [3.63, 3.8) is 0 Å². The van der Waals surface area contributed by atoms with Crippen LogP contribution in [0.4, 0.5) is 15.8 Å². The van der Waals surface area contributed by atoms with Crippen molar-refractivity contribution in [2.45, 2.75) is 17.9 Å². The fourth-order valence-corrected chi connectivity index (χ4v) is 4.78. The van der Waals surface area contributed by atoms with Crippen LogP contribution >= 0.6 is 0 Å². The molecule has 2 aromatic carbocycles. The number of nitrogens with zero attached hydrogens (tertiary/aromatic N) is 2. The smallest absolute Gasteiger partial charge is 0.265 e. The van der Waals surface area contributed by atoms with E-state index in [2.05, 4.69) is 5.32 Å². The number of ether oxygens (including phenoxy) is 1. The molecule has 1 atom stereocenters. The number of halogens is 1. The number of hydrogen-bond donors (Lipinski definition) is 1. The summed E-state index contributed by atoms with van der Waals surface area (Å²) >= 11 is 0. The number of sulfonamides is 1. The first kappa shape index (κ1) is 18.7. The SMILES string of the molecule is CC1Oc2ccc(S(=O)(=O)N3CCN(c4ccc(F)cc4)CC3)cc2NC1=O. The van der Waals surface area contributed by atoms with Gasteiger partial charge in [-0.2, -0.15) is 4.31 Å². The molecule has 0 spiro atoms. The molecule has 1 unspecified atom stereocenters. The van der Waals surface area contributed by atoms with Crippen molar-refractivity contribution < 1.29 is 22.3 Å². The molecule has 7 nitrogen and oxygen atoms in total. The molecule has 2 aliphatic rings. The zero-order valence-electron chi connectivity index (χ0n) is 15.3. The Bertz CT molecular complexity index is 1000. The zero-order chi connectivity index (χ0) is 19.9. The average molecular weight is 405 g/mol. The number of benzene rings is 2. The van der Waals surface area contributed by atoms with Gasteiger partial charge in [-0.3, -0.25) is 4.79 Å². The highest BCUT2D eigenvalue weighted by atomic mass is 32.2. The van der Waals surface area contributed by atoms with E-state index in [0.29, 0.717) is 37.6 Å². The Balaban J connectivity index is 1.50. The number of anilines is 2. The minimum Gasteiger partial charge on any atom is -0.479 e. The van der Waals surface area contributed by atoms with E-state index < -0.39 is 16.1 Å². The number of hydrogen-bond acceptors (Lipinski definition) is 5. The molecule has 4 rings (SSSR count). The number of amides is 1. The van der Waals surface area contributed by atoms with Crippen LogP contribution in [0.3, 0.4) is 0 Å². The van der Waals surface area contributed by atoms with Crippen LogP contribution in [0, 0.1) is 5.82 Å². The molecule has 1 saturated heterocycles. The second-order valence-corrected chi connectivity index (χ2v) is 8.71. The van der Waals surface area contributed by atoms with Gasteiger partial charge in [-0.05, 0) is 49.4 Å². The van der Waals surface area contributed by atoms with Crippen molar-refractivity contribution in [1.29, 1.82) is 0 Å². The fraction of sp³-hybridized carbons (Fsp3) is 0.316. The highest BCUT2D eigenvalue weighted by molar-refractivity contribution is 7.89. The van der Waals surface area contributed by atoms with E-state index in [-0.39, 0.29) is 16.6 Å². The fourth-order valence-electron chi connectivity index (χ4n) is 3.34. The van der Waals surface area contributed by atoms with E-state index >= 15 is 0 Å². The number of nitrogens with one attached hydrogen (secondary N) is 1. The van der Waals surface area contributed by atoms with E-state index in [1.807, 2.05) is 4.90 Å². The van der Waals surface area contributed by atoms with Gasteiger partial charge in [-0.15, -0.1) is 0 Å². The van der Waals surface area contributed by atoms with E-state index in [4.69, 9.17) is 4.74 Å². The summed E-state index contributed by atoms with van der Waals surface area (Å²) in [5, 5.41) is 2.67. The Hall–Kier alpha value is -2.65. The van der Waals surface area contributed by atoms with Gasteiger partial charge in [0.1, 0.15) is 11.6 Å². The maximum Gasteiger partial charge on any atom is 0.265 e. The van der Waals surface area contributed by atoms with Crippen molar-refractivity contribution in [1.82, 2.24) is 4.31 Å². The predicted molar refractivity (Wildman–Crippen MR) is 103 cm³/mol. The van der Waals surface area contributed by atoms with Gasteiger partial charge in [0, 0.05) is 31.9 Å². The Labute approximate surface area is 162 Å². The second-order valence-electron chi connectivity index (χ2n) is 6.77. The van der Waals surface area contributed by atoms with E-state index in [9.17, 15) is 17.6 Å². The molecule has 2 heterocycles. The molecule has 0 bridgehead atoms. The molecular formula is C19H20FN3O4S. The van der Waals surface area contributed by atoms with Crippen LogP contribution in [0.15, 0.2) is 47.4 Å². The van der Waals surface area contributed by atoms with E-state index in [0.717, 1.165) is 5.69 Å². The van der Waals surface area contributed by atoms with Crippen molar-refractivity contribution in [2.75, 3.05) is 36.4 Å². The van der Waals surface area contributed by atoms with Gasteiger partial charge in [-0.1, -0.05) is 0 Å². The van der Waals surface area contributed by atoms with Crippen molar-refractivity contribution in [3.8, 4) is 5.75 Å². The molecule has 28 heavy (non-hydrogen) atoms. The Kier molecular flexibility index (Phi) is 4.72. The molecule has 1 amide bonds. The summed E-state index contributed by atoms with van der Waals surface area (Å²) in [5.41, 5.74) is 1.22. The van der Waals surface area contributed by atoms with Gasteiger partial charge in [-0.25, -0.2) is 12.8 Å². The van der Waals surface area contributed by atoms with E-state index in [1.54, 1.807) is 25.1 Å². The van der Waals surface area contributed by atoms with Gasteiger partial charge < -0.3 is 15.0 Å². The highest BCUT2D eigenvalue weighted by Gasteiger charge is 2.31. The molecule has 1 N–H and O–H groups in total. The third-order valence-corrected chi connectivity index (χ3v) is 6.84. The summed E-state index contributed by atoms with van der Waals surface area (Å²) in [6.45, 7) is 3.28. The Morgan fingerprint density at radius 3 is 2.43 bits per heavy atom.